The standard InChI is InChI=1S/C17H22N2O3/c1-10-7-11(2)16-13(8-10)14(5-6-22-16)19-15(20)9-18-17(21)12-3-4-12/h7-8,12,14H,3-6,9H2,1-2H3,(H,18,21)(H,19,20). The molecule has 3 rings (SSSR count). The van der Waals surface area contributed by atoms with Gasteiger partial charge >= 0.3 is 0 Å². The molecule has 1 fully saturated rings. The van der Waals surface area contributed by atoms with E-state index in [1.54, 1.807) is 0 Å². The van der Waals surface area contributed by atoms with Crippen LogP contribution in [0.4, 0.5) is 0 Å². The summed E-state index contributed by atoms with van der Waals surface area (Å²) in [5.74, 6) is 0.853. The van der Waals surface area contributed by atoms with Crippen molar-refractivity contribution in [2.24, 2.45) is 5.92 Å². The van der Waals surface area contributed by atoms with Crippen molar-refractivity contribution in [3.8, 4) is 5.75 Å². The molecule has 1 aliphatic carbocycles. The number of rotatable bonds is 4. The average molecular weight is 302 g/mol. The van der Waals surface area contributed by atoms with E-state index >= 15 is 0 Å². The van der Waals surface area contributed by atoms with Gasteiger partial charge in [-0.05, 0) is 32.3 Å². The highest BCUT2D eigenvalue weighted by atomic mass is 16.5. The van der Waals surface area contributed by atoms with Crippen LogP contribution in [0.5, 0.6) is 5.75 Å². The van der Waals surface area contributed by atoms with E-state index in [0.717, 1.165) is 41.7 Å². The second-order valence-electron chi connectivity index (χ2n) is 6.25. The predicted octanol–water partition coefficient (Wildman–Crippen LogP) is 1.77. The molecule has 1 heterocycles. The number of benzene rings is 1. The Morgan fingerprint density at radius 3 is 2.73 bits per heavy atom. The predicted molar refractivity (Wildman–Crippen MR) is 82.6 cm³/mol. The van der Waals surface area contributed by atoms with Crippen LogP contribution in [0, 0.1) is 19.8 Å². The van der Waals surface area contributed by atoms with Crippen LogP contribution in [0.2, 0.25) is 0 Å². The third-order valence-electron chi connectivity index (χ3n) is 4.18. The van der Waals surface area contributed by atoms with Crippen LogP contribution in [-0.2, 0) is 9.59 Å². The Balaban J connectivity index is 1.63. The lowest BCUT2D eigenvalue weighted by molar-refractivity contribution is -0.127. The first-order valence-electron chi connectivity index (χ1n) is 7.85. The summed E-state index contributed by atoms with van der Waals surface area (Å²) in [7, 11) is 0. The van der Waals surface area contributed by atoms with Crippen molar-refractivity contribution in [2.45, 2.75) is 39.2 Å². The average Bonchev–Trinajstić information content (AvgIpc) is 3.30. The van der Waals surface area contributed by atoms with Gasteiger partial charge in [-0.2, -0.15) is 0 Å². The highest BCUT2D eigenvalue weighted by Crippen LogP contribution is 2.35. The van der Waals surface area contributed by atoms with Gasteiger partial charge in [-0.25, -0.2) is 0 Å². The summed E-state index contributed by atoms with van der Waals surface area (Å²) in [6.07, 6.45) is 2.64. The molecule has 0 aromatic heterocycles. The van der Waals surface area contributed by atoms with E-state index in [1.165, 1.54) is 0 Å². The van der Waals surface area contributed by atoms with Crippen LogP contribution in [0.15, 0.2) is 12.1 Å². The summed E-state index contributed by atoms with van der Waals surface area (Å²) in [5.41, 5.74) is 3.28. The van der Waals surface area contributed by atoms with Gasteiger partial charge in [-0.3, -0.25) is 9.59 Å². The Labute approximate surface area is 130 Å². The zero-order chi connectivity index (χ0) is 15.7. The summed E-state index contributed by atoms with van der Waals surface area (Å²) in [5, 5.41) is 5.71. The summed E-state index contributed by atoms with van der Waals surface area (Å²) in [4.78, 5) is 23.7. The molecule has 1 saturated carbocycles. The van der Waals surface area contributed by atoms with Crippen LogP contribution in [-0.4, -0.2) is 25.0 Å². The molecule has 118 valence electrons. The van der Waals surface area contributed by atoms with Gasteiger partial charge in [0.2, 0.25) is 11.8 Å². The lowest BCUT2D eigenvalue weighted by Crippen LogP contribution is -2.40. The van der Waals surface area contributed by atoms with Gasteiger partial charge in [0.1, 0.15) is 5.75 Å². The molecule has 5 heteroatoms. The summed E-state index contributed by atoms with van der Waals surface area (Å²) < 4.78 is 5.74. The van der Waals surface area contributed by atoms with E-state index in [2.05, 4.69) is 22.8 Å². The van der Waals surface area contributed by atoms with Gasteiger partial charge in [-0.15, -0.1) is 0 Å². The number of amides is 2. The van der Waals surface area contributed by atoms with Gasteiger partial charge in [0, 0.05) is 17.9 Å². The Morgan fingerprint density at radius 1 is 1.23 bits per heavy atom. The minimum atomic E-state index is -0.147. The molecule has 1 aromatic rings. The number of hydrogen-bond acceptors (Lipinski definition) is 3. The van der Waals surface area contributed by atoms with Crippen LogP contribution in [0.25, 0.3) is 0 Å². The summed E-state index contributed by atoms with van der Waals surface area (Å²) in [6, 6.07) is 4.10. The zero-order valence-corrected chi connectivity index (χ0v) is 13.1. The topological polar surface area (TPSA) is 67.4 Å². The van der Waals surface area contributed by atoms with Crippen molar-refractivity contribution >= 4 is 11.8 Å². The second-order valence-corrected chi connectivity index (χ2v) is 6.25. The van der Waals surface area contributed by atoms with Crippen molar-refractivity contribution in [2.75, 3.05) is 13.2 Å². The van der Waals surface area contributed by atoms with Crippen molar-refractivity contribution < 1.29 is 14.3 Å². The number of ether oxygens (including phenoxy) is 1. The van der Waals surface area contributed by atoms with Gasteiger partial charge in [0.25, 0.3) is 0 Å². The van der Waals surface area contributed by atoms with Crippen molar-refractivity contribution in [1.29, 1.82) is 0 Å². The first kappa shape index (κ1) is 14.9. The molecule has 1 aromatic carbocycles. The van der Waals surface area contributed by atoms with Gasteiger partial charge in [0.15, 0.2) is 0 Å². The maximum absolute atomic E-state index is 12.1. The van der Waals surface area contributed by atoms with Crippen LogP contribution in [0.1, 0.15) is 42.0 Å². The largest absolute Gasteiger partial charge is 0.493 e. The molecule has 1 atom stereocenters. The number of nitrogens with one attached hydrogen (secondary N) is 2. The van der Waals surface area contributed by atoms with E-state index in [0.29, 0.717) is 6.61 Å². The lowest BCUT2D eigenvalue weighted by atomic mass is 9.95. The maximum atomic E-state index is 12.1. The number of carbonyl (C=O) groups is 2. The number of aryl methyl sites for hydroxylation is 2. The van der Waals surface area contributed by atoms with Crippen molar-refractivity contribution in [3.05, 3.63) is 28.8 Å². The molecule has 2 N–H and O–H groups in total. The molecule has 0 radical (unpaired) electrons. The van der Waals surface area contributed by atoms with Gasteiger partial charge in [0.05, 0.1) is 19.2 Å². The molecule has 1 aliphatic heterocycles. The fraction of sp³-hybridized carbons (Fsp3) is 0.529. The lowest BCUT2D eigenvalue weighted by Gasteiger charge is -2.28. The van der Waals surface area contributed by atoms with Crippen LogP contribution < -0.4 is 15.4 Å². The Morgan fingerprint density at radius 2 is 2.00 bits per heavy atom. The number of fused-ring (bicyclic) bond motifs is 1. The number of hydrogen-bond donors (Lipinski definition) is 2. The Hall–Kier alpha value is -2.04. The molecule has 5 nitrogen and oxygen atoms in total. The molecule has 22 heavy (non-hydrogen) atoms. The molecule has 0 saturated heterocycles. The summed E-state index contributed by atoms with van der Waals surface area (Å²) in [6.45, 7) is 4.70. The molecule has 2 aliphatic rings. The minimum Gasteiger partial charge on any atom is -0.493 e. The molecule has 0 spiro atoms. The Kier molecular flexibility index (Phi) is 4.05. The van der Waals surface area contributed by atoms with E-state index < -0.39 is 0 Å². The fourth-order valence-corrected chi connectivity index (χ4v) is 2.93. The monoisotopic (exact) mass is 302 g/mol. The molecular weight excluding hydrogens is 280 g/mol. The molecule has 0 bridgehead atoms. The molecule has 1 unspecified atom stereocenters. The third-order valence-corrected chi connectivity index (χ3v) is 4.18. The van der Waals surface area contributed by atoms with Crippen molar-refractivity contribution in [3.63, 3.8) is 0 Å². The Bertz CT molecular complexity index is 608. The SMILES string of the molecule is Cc1cc(C)c2c(c1)C(NC(=O)CNC(=O)C1CC1)CCO2. The fourth-order valence-electron chi connectivity index (χ4n) is 2.93. The first-order valence-corrected chi connectivity index (χ1v) is 7.85. The zero-order valence-electron chi connectivity index (χ0n) is 13.1. The van der Waals surface area contributed by atoms with E-state index in [4.69, 9.17) is 4.74 Å². The van der Waals surface area contributed by atoms with Crippen molar-refractivity contribution in [1.82, 2.24) is 10.6 Å². The molecule has 2 amide bonds. The van der Waals surface area contributed by atoms with Crippen LogP contribution in [0.3, 0.4) is 0 Å². The second kappa shape index (κ2) is 5.99. The normalized spacial score (nSPS) is 19.8. The maximum Gasteiger partial charge on any atom is 0.239 e. The molecular formula is C17H22N2O3. The highest BCUT2D eigenvalue weighted by Gasteiger charge is 2.30. The van der Waals surface area contributed by atoms with E-state index in [-0.39, 0.29) is 30.3 Å². The third kappa shape index (κ3) is 3.24. The van der Waals surface area contributed by atoms with E-state index in [9.17, 15) is 9.59 Å². The summed E-state index contributed by atoms with van der Waals surface area (Å²) >= 11 is 0. The smallest absolute Gasteiger partial charge is 0.239 e. The quantitative estimate of drug-likeness (QED) is 0.890. The first-order chi connectivity index (χ1) is 10.5. The van der Waals surface area contributed by atoms with Gasteiger partial charge < -0.3 is 15.4 Å². The highest BCUT2D eigenvalue weighted by molar-refractivity contribution is 5.87. The van der Waals surface area contributed by atoms with Gasteiger partial charge in [-0.1, -0.05) is 17.7 Å². The van der Waals surface area contributed by atoms with Crippen LogP contribution >= 0.6 is 0 Å². The number of carbonyl (C=O) groups excluding carboxylic acids is 2. The minimum absolute atomic E-state index is 0.00536. The van der Waals surface area contributed by atoms with E-state index in [1.807, 2.05) is 13.8 Å².